The van der Waals surface area contributed by atoms with Crippen molar-refractivity contribution in [3.05, 3.63) is 65.7 Å². The van der Waals surface area contributed by atoms with Crippen LogP contribution in [0, 0.1) is 0 Å². The van der Waals surface area contributed by atoms with Crippen LogP contribution in [0.2, 0.25) is 0 Å². The number of ether oxygens (including phenoxy) is 1. The topological polar surface area (TPSA) is 32.8 Å². The number of piperidine rings is 2. The molecule has 0 N–H and O–H groups in total. The molecule has 2 aliphatic heterocycles. The lowest BCUT2D eigenvalue weighted by Gasteiger charge is -2.32. The second kappa shape index (κ2) is 10.6. The molecule has 30 heavy (non-hydrogen) atoms. The highest BCUT2D eigenvalue weighted by atomic mass is 16.5. The van der Waals surface area contributed by atoms with Gasteiger partial charge in [-0.25, -0.2) is 0 Å². The summed E-state index contributed by atoms with van der Waals surface area (Å²) in [5.41, 5.74) is 2.15. The zero-order valence-corrected chi connectivity index (χ0v) is 18.0. The summed E-state index contributed by atoms with van der Waals surface area (Å²) in [6.07, 6.45) is 7.17. The third-order valence-corrected chi connectivity index (χ3v) is 6.49. The Morgan fingerprint density at radius 1 is 0.867 bits per heavy atom. The zero-order valence-electron chi connectivity index (χ0n) is 18.0. The molecule has 0 radical (unpaired) electrons. The van der Waals surface area contributed by atoms with Crippen molar-refractivity contribution in [1.29, 1.82) is 0 Å². The van der Waals surface area contributed by atoms with E-state index in [1.807, 2.05) is 29.2 Å². The molecule has 4 rings (SSSR count). The van der Waals surface area contributed by atoms with Crippen LogP contribution < -0.4 is 4.74 Å². The van der Waals surface area contributed by atoms with Crippen LogP contribution in [-0.4, -0.2) is 55.0 Å². The summed E-state index contributed by atoms with van der Waals surface area (Å²) >= 11 is 0. The van der Waals surface area contributed by atoms with E-state index >= 15 is 0 Å². The van der Waals surface area contributed by atoms with Crippen molar-refractivity contribution in [3.63, 3.8) is 0 Å². The first-order valence-electron chi connectivity index (χ1n) is 11.6. The maximum absolute atomic E-state index is 12.9. The van der Waals surface area contributed by atoms with E-state index in [9.17, 15) is 4.79 Å². The van der Waals surface area contributed by atoms with E-state index in [0.29, 0.717) is 5.92 Å². The van der Waals surface area contributed by atoms with E-state index in [4.69, 9.17) is 4.74 Å². The molecule has 4 nitrogen and oxygen atoms in total. The van der Waals surface area contributed by atoms with Crippen LogP contribution in [0.15, 0.2) is 54.6 Å². The van der Waals surface area contributed by atoms with Crippen molar-refractivity contribution in [2.24, 2.45) is 0 Å². The van der Waals surface area contributed by atoms with Crippen LogP contribution in [0.1, 0.15) is 60.4 Å². The van der Waals surface area contributed by atoms with E-state index in [1.54, 1.807) is 0 Å². The van der Waals surface area contributed by atoms with Gasteiger partial charge >= 0.3 is 0 Å². The summed E-state index contributed by atoms with van der Waals surface area (Å²) in [7, 11) is 0. The highest BCUT2D eigenvalue weighted by molar-refractivity contribution is 5.94. The maximum atomic E-state index is 12.9. The molecule has 2 aromatic carbocycles. The van der Waals surface area contributed by atoms with Crippen molar-refractivity contribution < 1.29 is 9.53 Å². The van der Waals surface area contributed by atoms with Gasteiger partial charge in [-0.1, -0.05) is 36.8 Å². The number of rotatable bonds is 7. The Morgan fingerprint density at radius 3 is 2.27 bits per heavy atom. The predicted octanol–water partition coefficient (Wildman–Crippen LogP) is 4.96. The van der Waals surface area contributed by atoms with Gasteiger partial charge < -0.3 is 14.5 Å². The first-order chi connectivity index (χ1) is 14.8. The first-order valence-corrected chi connectivity index (χ1v) is 11.6. The van der Waals surface area contributed by atoms with Gasteiger partial charge in [0.15, 0.2) is 0 Å². The Hall–Kier alpha value is -2.33. The van der Waals surface area contributed by atoms with E-state index in [-0.39, 0.29) is 5.91 Å². The quantitative estimate of drug-likeness (QED) is 0.609. The lowest BCUT2D eigenvalue weighted by atomic mass is 9.89. The lowest BCUT2D eigenvalue weighted by Crippen LogP contribution is -2.37. The Labute approximate surface area is 180 Å². The molecule has 0 spiro atoms. The highest BCUT2D eigenvalue weighted by Gasteiger charge is 2.24. The lowest BCUT2D eigenvalue weighted by molar-refractivity contribution is 0.0713. The minimum Gasteiger partial charge on any atom is -0.494 e. The van der Waals surface area contributed by atoms with E-state index < -0.39 is 0 Å². The molecule has 160 valence electrons. The maximum Gasteiger partial charge on any atom is 0.253 e. The number of nitrogens with zero attached hydrogens (tertiary/aromatic N) is 2. The summed E-state index contributed by atoms with van der Waals surface area (Å²) in [5, 5.41) is 0. The van der Waals surface area contributed by atoms with Crippen molar-refractivity contribution in [1.82, 2.24) is 9.80 Å². The molecule has 2 fully saturated rings. The Bertz CT molecular complexity index is 776. The van der Waals surface area contributed by atoms with E-state index in [1.165, 1.54) is 37.9 Å². The fourth-order valence-electron chi connectivity index (χ4n) is 4.68. The Morgan fingerprint density at radius 2 is 1.57 bits per heavy atom. The molecule has 1 amide bonds. The minimum atomic E-state index is 0.137. The summed E-state index contributed by atoms with van der Waals surface area (Å²) in [4.78, 5) is 17.4. The van der Waals surface area contributed by atoms with Gasteiger partial charge in [0, 0.05) is 25.2 Å². The van der Waals surface area contributed by atoms with E-state index in [0.717, 1.165) is 56.8 Å². The van der Waals surface area contributed by atoms with Gasteiger partial charge in [-0.3, -0.25) is 4.79 Å². The van der Waals surface area contributed by atoms with Gasteiger partial charge in [-0.15, -0.1) is 0 Å². The molecule has 2 saturated heterocycles. The van der Waals surface area contributed by atoms with Gasteiger partial charge in [0.2, 0.25) is 0 Å². The summed E-state index contributed by atoms with van der Waals surface area (Å²) in [6, 6.07) is 18.4. The minimum absolute atomic E-state index is 0.137. The number of likely N-dealkylation sites (tertiary alicyclic amines) is 2. The molecule has 0 saturated carbocycles. The highest BCUT2D eigenvalue weighted by Crippen LogP contribution is 2.28. The van der Waals surface area contributed by atoms with Gasteiger partial charge in [0.1, 0.15) is 5.75 Å². The van der Waals surface area contributed by atoms with Gasteiger partial charge in [0.05, 0.1) is 6.61 Å². The normalized spacial score (nSPS) is 18.3. The summed E-state index contributed by atoms with van der Waals surface area (Å²) in [5.74, 6) is 1.56. The molecule has 4 heteroatoms. The molecule has 0 bridgehead atoms. The monoisotopic (exact) mass is 406 g/mol. The Balaban J connectivity index is 1.20. The number of hydrogen-bond acceptors (Lipinski definition) is 3. The first kappa shape index (κ1) is 20.9. The van der Waals surface area contributed by atoms with Crippen LogP contribution in [-0.2, 0) is 0 Å². The van der Waals surface area contributed by atoms with Gasteiger partial charge in [0.25, 0.3) is 5.91 Å². The molecule has 2 aromatic rings. The summed E-state index contributed by atoms with van der Waals surface area (Å²) in [6.45, 7) is 5.98. The number of hydrogen-bond donors (Lipinski definition) is 0. The summed E-state index contributed by atoms with van der Waals surface area (Å²) < 4.78 is 5.89. The van der Waals surface area contributed by atoms with Crippen LogP contribution in [0.3, 0.4) is 0 Å². The molecule has 0 aliphatic carbocycles. The molecular formula is C26H34N2O2. The van der Waals surface area contributed by atoms with Crippen LogP contribution in [0.4, 0.5) is 0 Å². The number of amides is 1. The fraction of sp³-hybridized carbons (Fsp3) is 0.500. The molecular weight excluding hydrogens is 372 g/mol. The average Bonchev–Trinajstić information content (AvgIpc) is 2.83. The zero-order chi connectivity index (χ0) is 20.6. The predicted molar refractivity (Wildman–Crippen MR) is 121 cm³/mol. The third-order valence-electron chi connectivity index (χ3n) is 6.49. The second-order valence-corrected chi connectivity index (χ2v) is 8.61. The molecule has 0 atom stereocenters. The largest absolute Gasteiger partial charge is 0.494 e. The molecule has 0 unspecified atom stereocenters. The van der Waals surface area contributed by atoms with E-state index in [2.05, 4.69) is 35.2 Å². The van der Waals surface area contributed by atoms with Crippen LogP contribution in [0.5, 0.6) is 5.75 Å². The number of carbonyl (C=O) groups excluding carboxylic acids is 1. The number of benzene rings is 2. The van der Waals surface area contributed by atoms with Crippen molar-refractivity contribution >= 4 is 5.91 Å². The average molecular weight is 407 g/mol. The van der Waals surface area contributed by atoms with Crippen LogP contribution >= 0.6 is 0 Å². The molecule has 0 aromatic heterocycles. The van der Waals surface area contributed by atoms with Crippen molar-refractivity contribution in [2.75, 3.05) is 39.3 Å². The SMILES string of the molecule is O=C(c1ccc(OCCCN2CCCCC2)cc1)N1CCC(c2ccccc2)CC1. The van der Waals surface area contributed by atoms with Crippen molar-refractivity contribution in [3.8, 4) is 5.75 Å². The molecule has 2 heterocycles. The third kappa shape index (κ3) is 5.63. The van der Waals surface area contributed by atoms with Gasteiger partial charge in [-0.2, -0.15) is 0 Å². The van der Waals surface area contributed by atoms with Gasteiger partial charge in [-0.05, 0) is 80.9 Å². The fourth-order valence-corrected chi connectivity index (χ4v) is 4.68. The smallest absolute Gasteiger partial charge is 0.253 e. The second-order valence-electron chi connectivity index (χ2n) is 8.61. The van der Waals surface area contributed by atoms with Crippen molar-refractivity contribution in [2.45, 2.75) is 44.4 Å². The Kier molecular flexibility index (Phi) is 7.41. The number of carbonyl (C=O) groups is 1. The van der Waals surface area contributed by atoms with Crippen LogP contribution in [0.25, 0.3) is 0 Å². The molecule has 2 aliphatic rings. The standard InChI is InChI=1S/C26H34N2O2/c29-26(28-19-14-23(15-20-28)22-8-3-1-4-9-22)24-10-12-25(13-11-24)30-21-7-18-27-16-5-2-6-17-27/h1,3-4,8-13,23H,2,5-7,14-21H2.